The molecule has 2 heteroatoms. The molecule has 1 rings (SSSR count). The Morgan fingerprint density at radius 2 is 1.40 bits per heavy atom. The highest BCUT2D eigenvalue weighted by molar-refractivity contribution is 5.81. The van der Waals surface area contributed by atoms with Crippen LogP contribution < -0.4 is 0 Å². The van der Waals surface area contributed by atoms with Crippen LogP contribution in [-0.4, -0.2) is 11.1 Å². The Balaban J connectivity index is 2.28. The van der Waals surface area contributed by atoms with Crippen molar-refractivity contribution in [2.45, 2.75) is 96.8 Å². The van der Waals surface area contributed by atoms with Gasteiger partial charge in [0.05, 0.1) is 5.41 Å². The van der Waals surface area contributed by atoms with Gasteiger partial charge in [0, 0.05) is 0 Å². The lowest BCUT2D eigenvalue weighted by atomic mass is 9.70. The summed E-state index contributed by atoms with van der Waals surface area (Å²) >= 11 is 0. The van der Waals surface area contributed by atoms with E-state index in [0.29, 0.717) is 0 Å². The van der Waals surface area contributed by atoms with Gasteiger partial charge in [0.2, 0.25) is 0 Å². The van der Waals surface area contributed by atoms with Gasteiger partial charge in [0.25, 0.3) is 0 Å². The second-order valence-corrected chi connectivity index (χ2v) is 7.75. The molecule has 0 fully saturated rings. The van der Waals surface area contributed by atoms with Gasteiger partial charge in [0.1, 0.15) is 0 Å². The number of hydrogen-bond donors (Lipinski definition) is 1. The third-order valence-corrected chi connectivity index (χ3v) is 5.79. The minimum Gasteiger partial charge on any atom is -0.481 e. The van der Waals surface area contributed by atoms with E-state index in [1.165, 1.54) is 57.8 Å². The maximum Gasteiger partial charge on any atom is 0.314 e. The molecule has 0 saturated carbocycles. The summed E-state index contributed by atoms with van der Waals surface area (Å²) in [5.74, 6) is -0.570. The zero-order valence-electron chi connectivity index (χ0n) is 16.6. The lowest BCUT2D eigenvalue weighted by molar-refractivity contribution is -0.145. The zero-order valence-corrected chi connectivity index (χ0v) is 16.6. The van der Waals surface area contributed by atoms with Crippen LogP contribution in [0.5, 0.6) is 0 Å². The molecule has 2 unspecified atom stereocenters. The Labute approximate surface area is 155 Å². The third kappa shape index (κ3) is 7.22. The lowest BCUT2D eigenvalue weighted by Crippen LogP contribution is -2.39. The number of aliphatic carboxylic acids is 1. The van der Waals surface area contributed by atoms with E-state index >= 15 is 0 Å². The van der Waals surface area contributed by atoms with E-state index in [9.17, 15) is 9.90 Å². The first-order chi connectivity index (χ1) is 12.0. The van der Waals surface area contributed by atoms with Gasteiger partial charge in [-0.25, -0.2) is 0 Å². The summed E-state index contributed by atoms with van der Waals surface area (Å²) in [5, 5.41) is 9.82. The van der Waals surface area contributed by atoms with Gasteiger partial charge in [-0.3, -0.25) is 4.79 Å². The van der Waals surface area contributed by atoms with Crippen molar-refractivity contribution in [3.63, 3.8) is 0 Å². The Morgan fingerprint density at radius 3 is 1.88 bits per heavy atom. The van der Waals surface area contributed by atoms with Crippen LogP contribution in [0, 0.1) is 5.92 Å². The van der Waals surface area contributed by atoms with Crippen LogP contribution in [0.4, 0.5) is 0 Å². The minimum atomic E-state index is -0.791. The normalized spacial score (nSPS) is 14.8. The fraction of sp³-hybridized carbons (Fsp3) is 0.696. The highest BCUT2D eigenvalue weighted by atomic mass is 16.4. The number of benzene rings is 1. The molecule has 0 aliphatic carbocycles. The summed E-state index contributed by atoms with van der Waals surface area (Å²) in [6, 6.07) is 9.71. The monoisotopic (exact) mass is 346 g/mol. The van der Waals surface area contributed by atoms with Crippen molar-refractivity contribution < 1.29 is 9.90 Å². The van der Waals surface area contributed by atoms with Gasteiger partial charge < -0.3 is 5.11 Å². The first kappa shape index (κ1) is 21.7. The van der Waals surface area contributed by atoms with E-state index in [4.69, 9.17) is 0 Å². The molecule has 25 heavy (non-hydrogen) atoms. The quantitative estimate of drug-likeness (QED) is 0.369. The van der Waals surface area contributed by atoms with Gasteiger partial charge in [-0.05, 0) is 24.8 Å². The Kier molecular flexibility index (Phi) is 10.5. The van der Waals surface area contributed by atoms with E-state index in [1.54, 1.807) is 0 Å². The fourth-order valence-electron chi connectivity index (χ4n) is 3.63. The molecule has 1 aromatic rings. The van der Waals surface area contributed by atoms with Crippen LogP contribution in [0.1, 0.15) is 97.0 Å². The van der Waals surface area contributed by atoms with Crippen LogP contribution in [0.3, 0.4) is 0 Å². The van der Waals surface area contributed by atoms with Crippen LogP contribution in [0.15, 0.2) is 30.3 Å². The van der Waals surface area contributed by atoms with Crippen LogP contribution in [0.25, 0.3) is 0 Å². The van der Waals surface area contributed by atoms with Gasteiger partial charge in [-0.1, -0.05) is 108 Å². The molecule has 0 amide bonds. The van der Waals surface area contributed by atoms with Crippen molar-refractivity contribution in [1.29, 1.82) is 0 Å². The van der Waals surface area contributed by atoms with E-state index in [0.717, 1.165) is 18.4 Å². The van der Waals surface area contributed by atoms with Crippen molar-refractivity contribution >= 4 is 5.97 Å². The number of carboxylic acids is 1. The Morgan fingerprint density at radius 1 is 0.920 bits per heavy atom. The van der Waals surface area contributed by atoms with Gasteiger partial charge in [-0.15, -0.1) is 0 Å². The molecule has 1 N–H and O–H groups in total. The molecule has 142 valence electrons. The van der Waals surface area contributed by atoms with Crippen LogP contribution >= 0.6 is 0 Å². The zero-order chi connectivity index (χ0) is 18.5. The van der Waals surface area contributed by atoms with E-state index in [1.807, 2.05) is 37.3 Å². The van der Waals surface area contributed by atoms with Crippen LogP contribution in [-0.2, 0) is 10.2 Å². The topological polar surface area (TPSA) is 37.3 Å². The molecule has 2 atom stereocenters. The smallest absolute Gasteiger partial charge is 0.314 e. The molecule has 0 aliphatic rings. The Hall–Kier alpha value is -1.31. The summed E-state index contributed by atoms with van der Waals surface area (Å²) in [4.78, 5) is 11.9. The second kappa shape index (κ2) is 12.1. The summed E-state index contributed by atoms with van der Waals surface area (Å²) in [6.07, 6.45) is 14.2. The first-order valence-electron chi connectivity index (χ1n) is 10.3. The third-order valence-electron chi connectivity index (χ3n) is 5.79. The molecular formula is C23H38O2. The van der Waals surface area contributed by atoms with Gasteiger partial charge in [0.15, 0.2) is 0 Å². The minimum absolute atomic E-state index is 0.140. The molecule has 0 aliphatic heterocycles. The number of unbranched alkanes of at least 4 members (excludes halogenated alkanes) is 9. The summed E-state index contributed by atoms with van der Waals surface area (Å²) < 4.78 is 0. The molecule has 0 spiro atoms. The van der Waals surface area contributed by atoms with Crippen molar-refractivity contribution in [2.75, 3.05) is 0 Å². The summed E-state index contributed by atoms with van der Waals surface area (Å²) in [5.41, 5.74) is 0.127. The summed E-state index contributed by atoms with van der Waals surface area (Å²) in [6.45, 7) is 6.23. The lowest BCUT2D eigenvalue weighted by Gasteiger charge is -2.32. The number of carbonyl (C=O) groups is 1. The van der Waals surface area contributed by atoms with Crippen molar-refractivity contribution in [2.24, 2.45) is 5.92 Å². The largest absolute Gasteiger partial charge is 0.481 e. The standard InChI is InChI=1S/C23H38O2/c1-4-5-6-7-8-9-10-11-12-14-17-20(2)23(3,22(24)25)21-18-15-13-16-19-21/h13,15-16,18-20H,4-12,14,17H2,1-3H3,(H,24,25). The first-order valence-corrected chi connectivity index (χ1v) is 10.3. The predicted octanol–water partition coefficient (Wildman–Crippen LogP) is 6.98. The molecule has 0 aromatic heterocycles. The number of carboxylic acid groups (broad SMARTS) is 1. The summed E-state index contributed by atoms with van der Waals surface area (Å²) in [7, 11) is 0. The van der Waals surface area contributed by atoms with Crippen molar-refractivity contribution in [3.8, 4) is 0 Å². The molecule has 0 bridgehead atoms. The number of hydrogen-bond acceptors (Lipinski definition) is 1. The molecule has 1 aromatic carbocycles. The SMILES string of the molecule is CCCCCCCCCCCCC(C)C(C)(C(=O)O)c1ccccc1. The maximum atomic E-state index is 11.9. The molecule has 2 nitrogen and oxygen atoms in total. The average Bonchev–Trinajstić information content (AvgIpc) is 2.62. The van der Waals surface area contributed by atoms with Crippen molar-refractivity contribution in [3.05, 3.63) is 35.9 Å². The average molecular weight is 347 g/mol. The highest BCUT2D eigenvalue weighted by Gasteiger charge is 2.40. The van der Waals surface area contributed by atoms with E-state index in [2.05, 4.69) is 13.8 Å². The van der Waals surface area contributed by atoms with Crippen LogP contribution in [0.2, 0.25) is 0 Å². The van der Waals surface area contributed by atoms with Gasteiger partial charge in [-0.2, -0.15) is 0 Å². The highest BCUT2D eigenvalue weighted by Crippen LogP contribution is 2.35. The molecule has 0 radical (unpaired) electrons. The molecule has 0 heterocycles. The predicted molar refractivity (Wildman–Crippen MR) is 107 cm³/mol. The maximum absolute atomic E-state index is 11.9. The molecular weight excluding hydrogens is 308 g/mol. The van der Waals surface area contributed by atoms with Crippen molar-refractivity contribution in [1.82, 2.24) is 0 Å². The van der Waals surface area contributed by atoms with E-state index < -0.39 is 11.4 Å². The number of rotatable bonds is 14. The second-order valence-electron chi connectivity index (χ2n) is 7.75. The van der Waals surface area contributed by atoms with Gasteiger partial charge >= 0.3 is 5.97 Å². The fourth-order valence-corrected chi connectivity index (χ4v) is 3.63. The van der Waals surface area contributed by atoms with E-state index in [-0.39, 0.29) is 5.92 Å². The molecule has 0 saturated heterocycles. The Bertz CT molecular complexity index is 468.